The molecule has 4 aromatic rings. The number of rotatable bonds is 4. The molecule has 1 aromatic carbocycles. The second kappa shape index (κ2) is 8.46. The number of alkyl halides is 2. The van der Waals surface area contributed by atoms with Crippen molar-refractivity contribution in [1.82, 2.24) is 29.6 Å². The van der Waals surface area contributed by atoms with Crippen LogP contribution in [0.2, 0.25) is 0 Å². The molecule has 1 aliphatic heterocycles. The first-order valence-electron chi connectivity index (χ1n) is 11.7. The summed E-state index contributed by atoms with van der Waals surface area (Å²) >= 11 is 1.31. The van der Waals surface area contributed by atoms with Gasteiger partial charge in [0, 0.05) is 31.7 Å². The molecule has 6 rings (SSSR count). The van der Waals surface area contributed by atoms with Gasteiger partial charge in [-0.25, -0.2) is 0 Å². The standard InChI is InChI=1S/C25H24F2N6OS/c1-31-11-13-32(14-12-31)23(34)21-9-8-20(35-21)19-7-10-22-28-29-24(33(22)30-19)25(26,27)18-6-5-16-3-2-4-17(16)15-18/h5-10,15H,2-4,11-14H2,1H3. The van der Waals surface area contributed by atoms with Gasteiger partial charge >= 0.3 is 5.92 Å². The monoisotopic (exact) mass is 494 g/mol. The van der Waals surface area contributed by atoms with Crippen LogP contribution in [0.4, 0.5) is 8.78 Å². The number of benzene rings is 1. The predicted molar refractivity (Wildman–Crippen MR) is 129 cm³/mol. The van der Waals surface area contributed by atoms with E-state index in [1.54, 1.807) is 30.3 Å². The summed E-state index contributed by atoms with van der Waals surface area (Å²) in [6.45, 7) is 3.07. The van der Waals surface area contributed by atoms with Crippen LogP contribution >= 0.6 is 11.3 Å². The SMILES string of the molecule is CN1CCN(C(=O)c2ccc(-c3ccc4nnc(C(F)(F)c5ccc6c(c5)CCC6)n4n3)s2)CC1. The van der Waals surface area contributed by atoms with E-state index in [0.717, 1.165) is 52.9 Å². The summed E-state index contributed by atoms with van der Waals surface area (Å²) in [5.41, 5.74) is 2.74. The third kappa shape index (κ3) is 3.90. The molecule has 0 bridgehead atoms. The molecule has 0 radical (unpaired) electrons. The fraction of sp³-hybridized carbons (Fsp3) is 0.360. The minimum atomic E-state index is -3.35. The smallest absolute Gasteiger partial charge is 0.333 e. The second-order valence-corrected chi connectivity index (χ2v) is 10.3. The van der Waals surface area contributed by atoms with Gasteiger partial charge in [-0.05, 0) is 67.8 Å². The number of hydrogen-bond acceptors (Lipinski definition) is 6. The minimum Gasteiger partial charge on any atom is -0.335 e. The lowest BCUT2D eigenvalue weighted by molar-refractivity contribution is 0.0305. The Balaban J connectivity index is 1.31. The van der Waals surface area contributed by atoms with Gasteiger partial charge in [-0.3, -0.25) is 4.79 Å². The van der Waals surface area contributed by atoms with Gasteiger partial charge in [0.15, 0.2) is 5.65 Å². The largest absolute Gasteiger partial charge is 0.335 e. The Morgan fingerprint density at radius 1 is 0.971 bits per heavy atom. The molecular formula is C25H24F2N6OS. The number of carbonyl (C=O) groups is 1. The van der Waals surface area contributed by atoms with Gasteiger partial charge < -0.3 is 9.80 Å². The summed E-state index contributed by atoms with van der Waals surface area (Å²) in [6, 6.07) is 11.8. The summed E-state index contributed by atoms with van der Waals surface area (Å²) < 4.78 is 32.3. The first-order chi connectivity index (χ1) is 16.9. The van der Waals surface area contributed by atoms with Crippen LogP contribution in [-0.4, -0.2) is 68.7 Å². The number of fused-ring (bicyclic) bond motifs is 2. The van der Waals surface area contributed by atoms with E-state index < -0.39 is 11.7 Å². The number of nitrogens with zero attached hydrogens (tertiary/aromatic N) is 6. The van der Waals surface area contributed by atoms with E-state index in [1.807, 2.05) is 18.0 Å². The van der Waals surface area contributed by atoms with Crippen molar-refractivity contribution in [3.05, 3.63) is 69.9 Å². The van der Waals surface area contributed by atoms with Crippen LogP contribution < -0.4 is 0 Å². The molecule has 1 amide bonds. The Morgan fingerprint density at radius 2 is 1.77 bits per heavy atom. The molecule has 0 unspecified atom stereocenters. The first kappa shape index (κ1) is 22.2. The molecule has 1 aliphatic carbocycles. The third-order valence-electron chi connectivity index (χ3n) is 6.86. The minimum absolute atomic E-state index is 0.0106. The van der Waals surface area contributed by atoms with Crippen molar-refractivity contribution in [2.24, 2.45) is 0 Å². The molecule has 1 fully saturated rings. The highest BCUT2D eigenvalue weighted by Gasteiger charge is 2.40. The van der Waals surface area contributed by atoms with Crippen LogP contribution in [0.1, 0.15) is 38.6 Å². The van der Waals surface area contributed by atoms with Crippen molar-refractivity contribution < 1.29 is 13.6 Å². The van der Waals surface area contributed by atoms with Crippen molar-refractivity contribution in [1.29, 1.82) is 0 Å². The number of thiophene rings is 1. The van der Waals surface area contributed by atoms with Crippen molar-refractivity contribution in [2.45, 2.75) is 25.2 Å². The van der Waals surface area contributed by atoms with Crippen LogP contribution in [0.25, 0.3) is 16.2 Å². The van der Waals surface area contributed by atoms with Crippen molar-refractivity contribution in [3.8, 4) is 10.6 Å². The first-order valence-corrected chi connectivity index (χ1v) is 12.5. The normalized spacial score (nSPS) is 16.7. The van der Waals surface area contributed by atoms with Gasteiger partial charge in [-0.2, -0.15) is 18.4 Å². The molecule has 180 valence electrons. The lowest BCUT2D eigenvalue weighted by atomic mass is 10.0. The van der Waals surface area contributed by atoms with Gasteiger partial charge in [0.25, 0.3) is 5.91 Å². The molecule has 0 atom stereocenters. The Bertz CT molecular complexity index is 1420. The summed E-state index contributed by atoms with van der Waals surface area (Å²) in [4.78, 5) is 18.3. The van der Waals surface area contributed by atoms with Crippen LogP contribution in [0, 0.1) is 0 Å². The number of carbonyl (C=O) groups excluding carboxylic acids is 1. The zero-order valence-corrected chi connectivity index (χ0v) is 20.1. The number of aromatic nitrogens is 4. The second-order valence-electron chi connectivity index (χ2n) is 9.18. The van der Waals surface area contributed by atoms with Gasteiger partial charge in [0.2, 0.25) is 5.82 Å². The number of halogens is 2. The van der Waals surface area contributed by atoms with E-state index >= 15 is 8.78 Å². The number of likely N-dealkylation sites (N-methyl/N-ethyl adjacent to an activating group) is 1. The maximum absolute atomic E-state index is 15.6. The highest BCUT2D eigenvalue weighted by Crippen LogP contribution is 2.37. The Morgan fingerprint density at radius 3 is 2.60 bits per heavy atom. The maximum atomic E-state index is 15.6. The summed E-state index contributed by atoms with van der Waals surface area (Å²) in [6.07, 6.45) is 2.74. The number of piperazine rings is 1. The number of amides is 1. The fourth-order valence-electron chi connectivity index (χ4n) is 4.77. The zero-order valence-electron chi connectivity index (χ0n) is 19.2. The van der Waals surface area contributed by atoms with Crippen LogP contribution in [0.3, 0.4) is 0 Å². The molecule has 35 heavy (non-hydrogen) atoms. The quantitative estimate of drug-likeness (QED) is 0.431. The average Bonchev–Trinajstić information content (AvgIpc) is 3.62. The lowest BCUT2D eigenvalue weighted by Crippen LogP contribution is -2.46. The van der Waals surface area contributed by atoms with Crippen molar-refractivity contribution in [2.75, 3.05) is 33.2 Å². The fourth-order valence-corrected chi connectivity index (χ4v) is 5.71. The molecule has 1 saturated heterocycles. The van der Waals surface area contributed by atoms with E-state index in [-0.39, 0.29) is 17.1 Å². The third-order valence-corrected chi connectivity index (χ3v) is 7.96. The van der Waals surface area contributed by atoms with Gasteiger partial charge in [0.05, 0.1) is 9.75 Å². The van der Waals surface area contributed by atoms with E-state index in [0.29, 0.717) is 23.7 Å². The van der Waals surface area contributed by atoms with E-state index in [2.05, 4.69) is 20.2 Å². The van der Waals surface area contributed by atoms with E-state index in [1.165, 1.54) is 17.4 Å². The molecule has 0 N–H and O–H groups in total. The number of aryl methyl sites for hydroxylation is 2. The van der Waals surface area contributed by atoms with Crippen molar-refractivity contribution >= 4 is 22.9 Å². The molecule has 3 aromatic heterocycles. The highest BCUT2D eigenvalue weighted by atomic mass is 32.1. The van der Waals surface area contributed by atoms with Gasteiger partial charge in [0.1, 0.15) is 5.69 Å². The number of hydrogen-bond donors (Lipinski definition) is 0. The molecule has 4 heterocycles. The molecule has 0 spiro atoms. The molecule has 10 heteroatoms. The topological polar surface area (TPSA) is 66.6 Å². The summed E-state index contributed by atoms with van der Waals surface area (Å²) in [7, 11) is 2.04. The Labute approximate surface area is 205 Å². The molecular weight excluding hydrogens is 470 g/mol. The van der Waals surface area contributed by atoms with Crippen molar-refractivity contribution in [3.63, 3.8) is 0 Å². The molecule has 2 aliphatic rings. The highest BCUT2D eigenvalue weighted by molar-refractivity contribution is 7.17. The molecule has 0 saturated carbocycles. The zero-order chi connectivity index (χ0) is 24.2. The van der Waals surface area contributed by atoms with Gasteiger partial charge in [-0.15, -0.1) is 21.5 Å². The lowest BCUT2D eigenvalue weighted by Gasteiger charge is -2.32. The van der Waals surface area contributed by atoms with Gasteiger partial charge in [-0.1, -0.05) is 12.1 Å². The maximum Gasteiger partial charge on any atom is 0.333 e. The Hall–Kier alpha value is -3.24. The van der Waals surface area contributed by atoms with E-state index in [4.69, 9.17) is 0 Å². The molecule has 7 nitrogen and oxygen atoms in total. The predicted octanol–water partition coefficient (Wildman–Crippen LogP) is 3.87. The van der Waals surface area contributed by atoms with E-state index in [9.17, 15) is 4.79 Å². The van der Waals surface area contributed by atoms with Crippen LogP contribution in [-0.2, 0) is 18.8 Å². The average molecular weight is 495 g/mol. The Kier molecular flexibility index (Phi) is 5.37. The summed E-state index contributed by atoms with van der Waals surface area (Å²) in [5.74, 6) is -3.87. The summed E-state index contributed by atoms with van der Waals surface area (Å²) in [5, 5.41) is 12.2. The van der Waals surface area contributed by atoms with Crippen LogP contribution in [0.15, 0.2) is 42.5 Å². The van der Waals surface area contributed by atoms with Crippen LogP contribution in [0.5, 0.6) is 0 Å².